The molecule has 17 nitrogen and oxygen atoms in total. The quantitative estimate of drug-likeness (QED) is 0.245. The number of phosphoric acid groups is 2. The number of anilines is 1. The maximum absolute atomic E-state index is 11.9. The van der Waals surface area contributed by atoms with Crippen LogP contribution in [-0.4, -0.2) is 64.8 Å². The van der Waals surface area contributed by atoms with Gasteiger partial charge in [-0.05, 0) is 0 Å². The van der Waals surface area contributed by atoms with Crippen molar-refractivity contribution in [1.29, 1.82) is 0 Å². The first-order valence-corrected chi connectivity index (χ1v) is 13.3. The molecule has 6 unspecified atom stereocenters. The number of imidazole rings is 1. The molecule has 0 spiro atoms. The number of fused-ring (bicyclic) bond motifs is 1. The van der Waals surface area contributed by atoms with Gasteiger partial charge in [-0.1, -0.05) is 0 Å². The Labute approximate surface area is 172 Å². The summed E-state index contributed by atoms with van der Waals surface area (Å²) in [6.45, 7) is -0.224. The van der Waals surface area contributed by atoms with Gasteiger partial charge in [0, 0.05) is 13.1 Å². The lowest BCUT2D eigenvalue weighted by Crippen LogP contribution is -2.26. The van der Waals surface area contributed by atoms with Crippen LogP contribution >= 0.6 is 23.2 Å². The van der Waals surface area contributed by atoms with Crippen molar-refractivity contribution in [1.82, 2.24) is 19.5 Å². The van der Waals surface area contributed by atoms with Crippen molar-refractivity contribution in [3.63, 3.8) is 0 Å². The maximum atomic E-state index is 11.9. The number of rotatable bonds is 8. The first-order chi connectivity index (χ1) is 14.2. The summed E-state index contributed by atoms with van der Waals surface area (Å²) in [7, 11) is -15.2. The predicted octanol–water partition coefficient (Wildman–Crippen LogP) is -0.584. The number of aliphatic hydroxyl groups is 1. The number of hydrogen-bond donors (Lipinski definition) is 6. The summed E-state index contributed by atoms with van der Waals surface area (Å²) in [5.41, 5.74) is 4.96. The van der Waals surface area contributed by atoms with Gasteiger partial charge < -0.3 is 30.3 Å². The van der Waals surface area contributed by atoms with E-state index >= 15 is 0 Å². The maximum Gasteiger partial charge on any atom is 0.488 e. The summed E-state index contributed by atoms with van der Waals surface area (Å²) in [4.78, 5) is 49.7. The summed E-state index contributed by atoms with van der Waals surface area (Å²) in [5, 5.41) is 10.2. The second-order valence-corrected chi connectivity index (χ2v) is 11.5. The van der Waals surface area contributed by atoms with Gasteiger partial charge in [0.25, 0.3) is 5.56 Å². The van der Waals surface area contributed by atoms with Crippen LogP contribution in [0.4, 0.5) is 5.95 Å². The Hall–Kier alpha value is -1.48. The van der Waals surface area contributed by atoms with Crippen LogP contribution in [0.3, 0.4) is 0 Å². The average molecular weight is 505 g/mol. The van der Waals surface area contributed by atoms with E-state index in [1.54, 1.807) is 0 Å². The van der Waals surface area contributed by atoms with Gasteiger partial charge in [0.1, 0.15) is 12.3 Å². The number of phosphoric ester groups is 1. The van der Waals surface area contributed by atoms with Gasteiger partial charge in [0.2, 0.25) is 5.95 Å². The number of ether oxygens (including phenoxy) is 1. The van der Waals surface area contributed by atoms with E-state index in [1.165, 1.54) is 10.9 Å². The van der Waals surface area contributed by atoms with Crippen molar-refractivity contribution in [2.24, 2.45) is 0 Å². The molecule has 3 heterocycles. The fourth-order valence-electron chi connectivity index (χ4n) is 2.72. The summed E-state index contributed by atoms with van der Waals surface area (Å²) >= 11 is 0. The third-order valence-electron chi connectivity index (χ3n) is 3.83. The minimum Gasteiger partial charge on any atom is -0.390 e. The van der Waals surface area contributed by atoms with E-state index in [4.69, 9.17) is 15.4 Å². The van der Waals surface area contributed by atoms with Crippen LogP contribution in [0.25, 0.3) is 11.2 Å². The molecule has 2 aromatic rings. The molecular weight excluding hydrogens is 487 g/mol. The standard InChI is InChI=1S/C11H18N5O12P3/c1-29(19,20)27-31(23,24)28-30(21,22)25-3-6-5(17)2-7(26-6)16-4-13-8-9(16)14-11(12)15-10(8)18/h4-7,17H,2-3H2,1H3,(H,19,20)(H,21,22)(H,23,24)(H3,12,14,15,18). The van der Waals surface area contributed by atoms with Crippen LogP contribution < -0.4 is 11.3 Å². The van der Waals surface area contributed by atoms with Gasteiger partial charge in [-0.15, -0.1) is 0 Å². The van der Waals surface area contributed by atoms with Crippen molar-refractivity contribution in [3.05, 3.63) is 16.7 Å². The summed E-state index contributed by atoms with van der Waals surface area (Å²) in [6, 6.07) is 0. The number of nitrogens with one attached hydrogen (secondary N) is 1. The molecular formula is C11H18N5O12P3. The Morgan fingerprint density at radius 1 is 1.29 bits per heavy atom. The molecule has 0 aromatic carbocycles. The van der Waals surface area contributed by atoms with Crippen LogP contribution in [0.1, 0.15) is 12.6 Å². The van der Waals surface area contributed by atoms with Crippen molar-refractivity contribution < 1.29 is 51.4 Å². The summed E-state index contributed by atoms with van der Waals surface area (Å²) in [6.07, 6.45) is -2.18. The monoisotopic (exact) mass is 505 g/mol. The van der Waals surface area contributed by atoms with E-state index in [-0.39, 0.29) is 23.5 Å². The van der Waals surface area contributed by atoms with Gasteiger partial charge in [-0.25, -0.2) is 18.4 Å². The molecule has 0 bridgehead atoms. The van der Waals surface area contributed by atoms with Crippen LogP contribution in [0.2, 0.25) is 0 Å². The zero-order valence-electron chi connectivity index (χ0n) is 15.5. The fraction of sp³-hybridized carbons (Fsp3) is 0.545. The third kappa shape index (κ3) is 6.06. The van der Waals surface area contributed by atoms with Crippen LogP contribution in [0, 0.1) is 0 Å². The number of H-pyrrole nitrogens is 1. The molecule has 3 rings (SSSR count). The normalized spacial score (nSPS) is 27.6. The Balaban J connectivity index is 1.67. The Kier molecular flexibility index (Phi) is 6.60. The van der Waals surface area contributed by atoms with Gasteiger partial charge >= 0.3 is 23.2 Å². The number of nitrogens with two attached hydrogens (primary N) is 1. The predicted molar refractivity (Wildman–Crippen MR) is 101 cm³/mol. The SMILES string of the molecule is CP(=O)(O)OP(=O)(O)OP(=O)(O)OCC1OC(n2cnc3c(=O)[nH]c(N)nc32)CC1O. The van der Waals surface area contributed by atoms with Crippen molar-refractivity contribution in [3.8, 4) is 0 Å². The van der Waals surface area contributed by atoms with Crippen LogP contribution in [0.5, 0.6) is 0 Å². The van der Waals surface area contributed by atoms with Crippen LogP contribution in [-0.2, 0) is 31.6 Å². The average Bonchev–Trinajstić information content (AvgIpc) is 3.13. The second kappa shape index (κ2) is 8.46. The largest absolute Gasteiger partial charge is 0.488 e. The molecule has 31 heavy (non-hydrogen) atoms. The van der Waals surface area contributed by atoms with Gasteiger partial charge in [-0.2, -0.15) is 9.29 Å². The number of aromatic nitrogens is 4. The molecule has 7 N–H and O–H groups in total. The lowest BCUT2D eigenvalue weighted by molar-refractivity contribution is -0.0423. The molecule has 1 aliphatic rings. The second-order valence-electron chi connectivity index (χ2n) is 6.41. The Morgan fingerprint density at radius 3 is 2.61 bits per heavy atom. The number of nitrogens with zero attached hydrogens (tertiary/aromatic N) is 3. The highest BCUT2D eigenvalue weighted by Crippen LogP contribution is 2.66. The molecule has 0 radical (unpaired) electrons. The zero-order valence-corrected chi connectivity index (χ0v) is 18.2. The molecule has 0 aliphatic carbocycles. The molecule has 2 aromatic heterocycles. The molecule has 174 valence electrons. The topological polar surface area (TPSA) is 259 Å². The lowest BCUT2D eigenvalue weighted by atomic mass is 10.2. The molecule has 1 fully saturated rings. The van der Waals surface area contributed by atoms with Crippen molar-refractivity contribution in [2.45, 2.75) is 24.9 Å². The minimum absolute atomic E-state index is 0.0314. The zero-order chi connectivity index (χ0) is 23.2. The van der Waals surface area contributed by atoms with E-state index in [1.807, 2.05) is 0 Å². The van der Waals surface area contributed by atoms with E-state index in [0.717, 1.165) is 0 Å². The molecule has 6 atom stereocenters. The highest BCUT2D eigenvalue weighted by Gasteiger charge is 2.42. The Morgan fingerprint density at radius 2 is 1.97 bits per heavy atom. The summed E-state index contributed by atoms with van der Waals surface area (Å²) in [5.74, 6) is -0.175. The van der Waals surface area contributed by atoms with E-state index in [9.17, 15) is 33.4 Å². The smallest absolute Gasteiger partial charge is 0.390 e. The Bertz CT molecular complexity index is 1170. The number of nitrogen functional groups attached to an aromatic ring is 1. The van der Waals surface area contributed by atoms with Crippen LogP contribution in [0.15, 0.2) is 11.1 Å². The highest BCUT2D eigenvalue weighted by atomic mass is 31.3. The number of aliphatic hydroxyl groups excluding tert-OH is 1. The molecule has 0 amide bonds. The number of hydrogen-bond acceptors (Lipinski definition) is 12. The van der Waals surface area contributed by atoms with Crippen molar-refractivity contribution in [2.75, 3.05) is 19.0 Å². The minimum atomic E-state index is -5.42. The van der Waals surface area contributed by atoms with Gasteiger partial charge in [0.15, 0.2) is 11.2 Å². The van der Waals surface area contributed by atoms with Gasteiger partial charge in [0.05, 0.1) is 19.0 Å². The first-order valence-electron chi connectivity index (χ1n) is 8.25. The molecule has 1 aliphatic heterocycles. The molecule has 1 saturated heterocycles. The first kappa shape index (κ1) is 24.2. The lowest BCUT2D eigenvalue weighted by Gasteiger charge is -2.19. The summed E-state index contributed by atoms with van der Waals surface area (Å²) < 4.78 is 53.5. The third-order valence-corrected chi connectivity index (χ3v) is 7.99. The van der Waals surface area contributed by atoms with E-state index in [2.05, 4.69) is 28.1 Å². The van der Waals surface area contributed by atoms with E-state index < -0.39 is 53.8 Å². The van der Waals surface area contributed by atoms with Crippen molar-refractivity contribution >= 4 is 40.4 Å². The van der Waals surface area contributed by atoms with E-state index in [0.29, 0.717) is 6.66 Å². The fourth-order valence-corrected chi connectivity index (χ4v) is 6.20. The number of aromatic amines is 1. The molecule has 0 saturated carbocycles. The molecule has 20 heteroatoms. The van der Waals surface area contributed by atoms with Gasteiger partial charge in [-0.3, -0.25) is 23.4 Å². The highest BCUT2D eigenvalue weighted by molar-refractivity contribution is 7.68.